The highest BCUT2D eigenvalue weighted by Gasteiger charge is 2.17. The lowest BCUT2D eigenvalue weighted by Gasteiger charge is -2.21. The zero-order valence-electron chi connectivity index (χ0n) is 10.0. The van der Waals surface area contributed by atoms with Gasteiger partial charge in [-0.2, -0.15) is 0 Å². The number of urea groups is 1. The van der Waals surface area contributed by atoms with Gasteiger partial charge in [-0.25, -0.2) is 4.79 Å². The second kappa shape index (κ2) is 4.74. The third-order valence-electron chi connectivity index (χ3n) is 2.26. The molecule has 1 aromatic rings. The first-order valence-electron chi connectivity index (χ1n) is 5.13. The summed E-state index contributed by atoms with van der Waals surface area (Å²) in [5.74, 6) is 0. The molecule has 0 aliphatic rings. The van der Waals surface area contributed by atoms with E-state index >= 15 is 0 Å². The van der Waals surface area contributed by atoms with E-state index in [0.717, 1.165) is 16.3 Å². The number of rotatable bonds is 1. The first-order valence-corrected chi connectivity index (χ1v) is 5.51. The van der Waals surface area contributed by atoms with E-state index in [0.29, 0.717) is 0 Å². The molecule has 0 radical (unpaired) electrons. The van der Waals surface area contributed by atoms with Gasteiger partial charge in [0.05, 0.1) is 0 Å². The molecular weight excluding hydrogens is 224 g/mol. The van der Waals surface area contributed by atoms with E-state index in [9.17, 15) is 4.79 Å². The average molecular weight is 241 g/mol. The van der Waals surface area contributed by atoms with Crippen LogP contribution in [0.5, 0.6) is 0 Å². The zero-order valence-corrected chi connectivity index (χ0v) is 10.8. The van der Waals surface area contributed by atoms with E-state index < -0.39 is 0 Å². The molecule has 1 rings (SSSR count). The van der Waals surface area contributed by atoms with Crippen LogP contribution in [0.2, 0.25) is 5.02 Å². The standard InChI is InChI=1S/C12H17ClN2O/c1-12(2,3)9-7-8(5-6-10(9)13)15-11(16)14-4/h5-7H,1-4H3,(H2,14,15,16). The van der Waals surface area contributed by atoms with Crippen LogP contribution >= 0.6 is 11.6 Å². The van der Waals surface area contributed by atoms with Crippen molar-refractivity contribution in [3.8, 4) is 0 Å². The van der Waals surface area contributed by atoms with Crippen molar-refractivity contribution in [2.45, 2.75) is 26.2 Å². The summed E-state index contributed by atoms with van der Waals surface area (Å²) in [6, 6.07) is 5.25. The van der Waals surface area contributed by atoms with Crippen LogP contribution in [0.1, 0.15) is 26.3 Å². The van der Waals surface area contributed by atoms with Gasteiger partial charge >= 0.3 is 6.03 Å². The number of anilines is 1. The largest absolute Gasteiger partial charge is 0.341 e. The minimum atomic E-state index is -0.234. The Hall–Kier alpha value is -1.22. The van der Waals surface area contributed by atoms with Crippen LogP contribution in [0, 0.1) is 0 Å². The Labute approximate surface area is 101 Å². The van der Waals surface area contributed by atoms with Crippen molar-refractivity contribution >= 4 is 23.3 Å². The second-order valence-electron chi connectivity index (χ2n) is 4.65. The maximum Gasteiger partial charge on any atom is 0.318 e. The molecule has 0 unspecified atom stereocenters. The average Bonchev–Trinajstić information content (AvgIpc) is 2.19. The van der Waals surface area contributed by atoms with Crippen molar-refractivity contribution in [2.75, 3.05) is 12.4 Å². The van der Waals surface area contributed by atoms with Gasteiger partial charge < -0.3 is 10.6 Å². The van der Waals surface area contributed by atoms with Crippen LogP contribution in [0.15, 0.2) is 18.2 Å². The molecule has 0 spiro atoms. The maximum atomic E-state index is 11.2. The summed E-state index contributed by atoms with van der Waals surface area (Å²) in [7, 11) is 1.58. The molecule has 0 saturated heterocycles. The summed E-state index contributed by atoms with van der Waals surface area (Å²) in [6.45, 7) is 6.24. The van der Waals surface area contributed by atoms with Gasteiger partial charge in [0.1, 0.15) is 0 Å². The molecule has 0 aliphatic carbocycles. The minimum absolute atomic E-state index is 0.0442. The van der Waals surface area contributed by atoms with Crippen molar-refractivity contribution in [3.63, 3.8) is 0 Å². The highest BCUT2D eigenvalue weighted by Crippen LogP contribution is 2.31. The lowest BCUT2D eigenvalue weighted by atomic mass is 9.87. The minimum Gasteiger partial charge on any atom is -0.341 e. The third-order valence-corrected chi connectivity index (χ3v) is 2.59. The molecule has 0 aliphatic heterocycles. The highest BCUT2D eigenvalue weighted by molar-refractivity contribution is 6.31. The number of carbonyl (C=O) groups is 1. The van der Waals surface area contributed by atoms with E-state index in [1.807, 2.05) is 6.07 Å². The Morgan fingerprint density at radius 3 is 2.44 bits per heavy atom. The van der Waals surface area contributed by atoms with E-state index in [2.05, 4.69) is 31.4 Å². The first kappa shape index (κ1) is 12.8. The Morgan fingerprint density at radius 2 is 1.94 bits per heavy atom. The number of nitrogens with one attached hydrogen (secondary N) is 2. The molecule has 16 heavy (non-hydrogen) atoms. The van der Waals surface area contributed by atoms with Crippen LogP contribution in [0.4, 0.5) is 10.5 Å². The second-order valence-corrected chi connectivity index (χ2v) is 5.06. The Morgan fingerprint density at radius 1 is 1.31 bits per heavy atom. The van der Waals surface area contributed by atoms with E-state index in [1.165, 1.54) is 0 Å². The van der Waals surface area contributed by atoms with Gasteiger partial charge in [0.25, 0.3) is 0 Å². The van der Waals surface area contributed by atoms with Crippen molar-refractivity contribution in [3.05, 3.63) is 28.8 Å². The molecular formula is C12H17ClN2O. The van der Waals surface area contributed by atoms with Crippen molar-refractivity contribution < 1.29 is 4.79 Å². The van der Waals surface area contributed by atoms with Crippen LogP contribution in [-0.4, -0.2) is 13.1 Å². The van der Waals surface area contributed by atoms with E-state index in [1.54, 1.807) is 19.2 Å². The first-order chi connectivity index (χ1) is 7.34. The number of amides is 2. The van der Waals surface area contributed by atoms with E-state index in [-0.39, 0.29) is 11.4 Å². The molecule has 4 heteroatoms. The lowest BCUT2D eigenvalue weighted by Crippen LogP contribution is -2.24. The molecule has 0 aromatic heterocycles. The Balaban J connectivity index is 3.03. The van der Waals surface area contributed by atoms with Gasteiger partial charge in [-0.1, -0.05) is 32.4 Å². The summed E-state index contributed by atoms with van der Waals surface area (Å²) in [6.07, 6.45) is 0. The van der Waals surface area contributed by atoms with Gasteiger partial charge in [0.15, 0.2) is 0 Å². The predicted molar refractivity (Wildman–Crippen MR) is 68.2 cm³/mol. The smallest absolute Gasteiger partial charge is 0.318 e. The molecule has 0 saturated carbocycles. The molecule has 0 bridgehead atoms. The summed E-state index contributed by atoms with van der Waals surface area (Å²) in [4.78, 5) is 11.2. The molecule has 0 atom stereocenters. The molecule has 0 fully saturated rings. The summed E-state index contributed by atoms with van der Waals surface area (Å²) >= 11 is 6.12. The van der Waals surface area contributed by atoms with Crippen LogP contribution in [-0.2, 0) is 5.41 Å². The number of halogens is 1. The summed E-state index contributed by atoms with van der Waals surface area (Å²) < 4.78 is 0. The molecule has 3 nitrogen and oxygen atoms in total. The fraction of sp³-hybridized carbons (Fsp3) is 0.417. The fourth-order valence-electron chi connectivity index (χ4n) is 1.37. The Bertz CT molecular complexity index is 396. The molecule has 0 heterocycles. The SMILES string of the molecule is CNC(=O)Nc1ccc(Cl)c(C(C)(C)C)c1. The number of hydrogen-bond acceptors (Lipinski definition) is 1. The summed E-state index contributed by atoms with van der Waals surface area (Å²) in [5, 5.41) is 5.94. The zero-order chi connectivity index (χ0) is 12.3. The topological polar surface area (TPSA) is 41.1 Å². The van der Waals surface area contributed by atoms with E-state index in [4.69, 9.17) is 11.6 Å². The third kappa shape index (κ3) is 3.14. The quantitative estimate of drug-likeness (QED) is 0.776. The van der Waals surface area contributed by atoms with Gasteiger partial charge in [0.2, 0.25) is 0 Å². The van der Waals surface area contributed by atoms with Crippen LogP contribution in [0.3, 0.4) is 0 Å². The van der Waals surface area contributed by atoms with Gasteiger partial charge in [0, 0.05) is 17.8 Å². The predicted octanol–water partition coefficient (Wildman–Crippen LogP) is 3.39. The van der Waals surface area contributed by atoms with Crippen LogP contribution in [0.25, 0.3) is 0 Å². The highest BCUT2D eigenvalue weighted by atomic mass is 35.5. The molecule has 2 amide bonds. The van der Waals surface area contributed by atoms with Gasteiger partial charge in [-0.05, 0) is 29.2 Å². The fourth-order valence-corrected chi connectivity index (χ4v) is 1.77. The maximum absolute atomic E-state index is 11.2. The van der Waals surface area contributed by atoms with Gasteiger partial charge in [-0.3, -0.25) is 0 Å². The molecule has 88 valence electrons. The summed E-state index contributed by atoms with van der Waals surface area (Å²) in [5.41, 5.74) is 1.72. The molecule has 2 N–H and O–H groups in total. The van der Waals surface area contributed by atoms with Crippen molar-refractivity contribution in [1.29, 1.82) is 0 Å². The number of benzene rings is 1. The monoisotopic (exact) mass is 240 g/mol. The van der Waals surface area contributed by atoms with Gasteiger partial charge in [-0.15, -0.1) is 0 Å². The van der Waals surface area contributed by atoms with Crippen molar-refractivity contribution in [2.24, 2.45) is 0 Å². The Kier molecular flexibility index (Phi) is 3.81. The molecule has 1 aromatic carbocycles. The number of hydrogen-bond donors (Lipinski definition) is 2. The van der Waals surface area contributed by atoms with Crippen LogP contribution < -0.4 is 10.6 Å². The van der Waals surface area contributed by atoms with Crippen molar-refractivity contribution in [1.82, 2.24) is 5.32 Å². The number of carbonyl (C=O) groups excluding carboxylic acids is 1. The lowest BCUT2D eigenvalue weighted by molar-refractivity contribution is 0.254. The normalized spacial score (nSPS) is 11.1.